The number of fused-ring (bicyclic) bond motifs is 1. The Hall–Kier alpha value is -2.74. The number of pyridine rings is 1. The zero-order valence-corrected chi connectivity index (χ0v) is 18.4. The number of ether oxygens (including phenoxy) is 1. The summed E-state index contributed by atoms with van der Waals surface area (Å²) in [5, 5.41) is 12.0. The van der Waals surface area contributed by atoms with E-state index in [9.17, 15) is 4.79 Å². The van der Waals surface area contributed by atoms with Gasteiger partial charge in [0.15, 0.2) is 5.82 Å². The van der Waals surface area contributed by atoms with Crippen LogP contribution in [-0.4, -0.2) is 58.3 Å². The molecule has 8 nitrogen and oxygen atoms in total. The molecule has 0 unspecified atom stereocenters. The summed E-state index contributed by atoms with van der Waals surface area (Å²) in [4.78, 5) is 28.3. The molecule has 1 aliphatic rings. The third kappa shape index (κ3) is 5.24. The van der Waals surface area contributed by atoms with Crippen LogP contribution in [0.4, 0.5) is 5.82 Å². The first-order chi connectivity index (χ1) is 14.2. The number of nitrogens with zero attached hydrogens (tertiary/aromatic N) is 4. The van der Waals surface area contributed by atoms with Gasteiger partial charge in [-0.15, -0.1) is 0 Å². The number of hydrogen-bond acceptors (Lipinski definition) is 7. The Bertz CT molecular complexity index is 924. The number of aromatic nitrogens is 3. The highest BCUT2D eigenvalue weighted by molar-refractivity contribution is 5.82. The molecule has 0 spiro atoms. The van der Waals surface area contributed by atoms with E-state index < -0.39 is 0 Å². The predicted octanol–water partition coefficient (Wildman–Crippen LogP) is 2.06. The van der Waals surface area contributed by atoms with Crippen LogP contribution in [0.1, 0.15) is 44.0 Å². The fourth-order valence-corrected chi connectivity index (χ4v) is 3.53. The monoisotopic (exact) mass is 413 g/mol. The normalized spacial score (nSPS) is 13.1. The number of hydrogen-bond donors (Lipinski definition) is 2. The van der Waals surface area contributed by atoms with Crippen LogP contribution >= 0.6 is 0 Å². The Morgan fingerprint density at radius 2 is 2.07 bits per heavy atom. The molecule has 1 aliphatic carbocycles. The van der Waals surface area contributed by atoms with E-state index in [1.165, 1.54) is 0 Å². The minimum absolute atomic E-state index is 0.0509. The fourth-order valence-electron chi connectivity index (χ4n) is 3.53. The largest absolute Gasteiger partial charge is 0.491 e. The van der Waals surface area contributed by atoms with Crippen molar-refractivity contribution in [3.8, 4) is 17.3 Å². The summed E-state index contributed by atoms with van der Waals surface area (Å²) in [7, 11) is 1.88. The Labute approximate surface area is 177 Å². The SMILES string of the molecule is Cc1cnc(-c2nc3c(c(N(C)CC(=O)NC(C)(C)C)n2)CCC3)cc1OCCO. The van der Waals surface area contributed by atoms with Crippen molar-refractivity contribution >= 4 is 11.7 Å². The minimum atomic E-state index is -0.284. The first-order valence-corrected chi connectivity index (χ1v) is 10.3. The lowest BCUT2D eigenvalue weighted by atomic mass is 10.1. The number of aliphatic hydroxyl groups excluding tert-OH is 1. The number of likely N-dealkylation sites (N-methyl/N-ethyl adjacent to an activating group) is 1. The van der Waals surface area contributed by atoms with Crippen LogP contribution in [0.25, 0.3) is 11.5 Å². The highest BCUT2D eigenvalue weighted by Crippen LogP contribution is 2.31. The second kappa shape index (κ2) is 8.95. The molecule has 0 aromatic carbocycles. The quantitative estimate of drug-likeness (QED) is 0.716. The number of rotatable bonds is 7. The van der Waals surface area contributed by atoms with E-state index >= 15 is 0 Å². The number of anilines is 1. The molecule has 0 atom stereocenters. The van der Waals surface area contributed by atoms with Gasteiger partial charge in [-0.05, 0) is 47.0 Å². The van der Waals surface area contributed by atoms with Crippen LogP contribution in [0.3, 0.4) is 0 Å². The molecule has 2 N–H and O–H groups in total. The van der Waals surface area contributed by atoms with Gasteiger partial charge in [-0.25, -0.2) is 9.97 Å². The molecule has 30 heavy (non-hydrogen) atoms. The van der Waals surface area contributed by atoms with Crippen molar-refractivity contribution in [1.82, 2.24) is 20.3 Å². The molecule has 2 aromatic rings. The van der Waals surface area contributed by atoms with E-state index in [0.29, 0.717) is 17.3 Å². The summed E-state index contributed by atoms with van der Waals surface area (Å²) in [6.45, 7) is 8.16. The van der Waals surface area contributed by atoms with E-state index in [4.69, 9.17) is 19.8 Å². The van der Waals surface area contributed by atoms with Gasteiger partial charge in [-0.2, -0.15) is 0 Å². The molecule has 0 saturated carbocycles. The summed E-state index contributed by atoms with van der Waals surface area (Å²) in [5.41, 5.74) is 3.32. The lowest BCUT2D eigenvalue weighted by molar-refractivity contribution is -0.121. The van der Waals surface area contributed by atoms with Gasteiger partial charge in [0.05, 0.1) is 13.2 Å². The van der Waals surface area contributed by atoms with Gasteiger partial charge < -0.3 is 20.1 Å². The number of aryl methyl sites for hydroxylation is 2. The van der Waals surface area contributed by atoms with Crippen LogP contribution < -0.4 is 15.0 Å². The van der Waals surface area contributed by atoms with Crippen LogP contribution in [-0.2, 0) is 17.6 Å². The van der Waals surface area contributed by atoms with Crippen molar-refractivity contribution in [3.63, 3.8) is 0 Å². The maximum absolute atomic E-state index is 12.4. The zero-order chi connectivity index (χ0) is 21.9. The maximum Gasteiger partial charge on any atom is 0.239 e. The molecule has 2 aromatic heterocycles. The van der Waals surface area contributed by atoms with Gasteiger partial charge in [0, 0.05) is 41.7 Å². The summed E-state index contributed by atoms with van der Waals surface area (Å²) < 4.78 is 5.61. The van der Waals surface area contributed by atoms with Crippen molar-refractivity contribution in [2.75, 3.05) is 31.7 Å². The van der Waals surface area contributed by atoms with Gasteiger partial charge in [0.1, 0.15) is 23.9 Å². The zero-order valence-electron chi connectivity index (χ0n) is 18.4. The molecule has 0 bridgehead atoms. The fraction of sp³-hybridized carbons (Fsp3) is 0.545. The van der Waals surface area contributed by atoms with E-state index in [0.717, 1.165) is 41.9 Å². The lowest BCUT2D eigenvalue weighted by Gasteiger charge is -2.25. The standard InChI is InChI=1S/C22H31N5O3/c1-14-12-23-17(11-18(14)30-10-9-28)20-24-16-8-6-7-15(16)21(25-20)27(5)13-19(29)26-22(2,3)4/h11-12,28H,6-10,13H2,1-5H3,(H,26,29). The van der Waals surface area contributed by atoms with Crippen molar-refractivity contribution in [1.29, 1.82) is 0 Å². The predicted molar refractivity (Wildman–Crippen MR) is 116 cm³/mol. The van der Waals surface area contributed by atoms with Gasteiger partial charge in [-0.3, -0.25) is 9.78 Å². The maximum atomic E-state index is 12.4. The minimum Gasteiger partial charge on any atom is -0.491 e. The van der Waals surface area contributed by atoms with E-state index in [-0.39, 0.29) is 31.2 Å². The van der Waals surface area contributed by atoms with Crippen LogP contribution in [0, 0.1) is 6.92 Å². The molecule has 0 radical (unpaired) electrons. The molecule has 0 fully saturated rings. The number of aliphatic hydroxyl groups is 1. The highest BCUT2D eigenvalue weighted by atomic mass is 16.5. The summed E-state index contributed by atoms with van der Waals surface area (Å²) in [5.74, 6) is 1.89. The highest BCUT2D eigenvalue weighted by Gasteiger charge is 2.24. The van der Waals surface area contributed by atoms with E-state index in [1.54, 1.807) is 12.3 Å². The molecule has 3 rings (SSSR count). The summed E-state index contributed by atoms with van der Waals surface area (Å²) >= 11 is 0. The Morgan fingerprint density at radius 3 is 2.77 bits per heavy atom. The third-order valence-corrected chi connectivity index (χ3v) is 4.80. The summed E-state index contributed by atoms with van der Waals surface area (Å²) in [6.07, 6.45) is 4.54. The first kappa shape index (κ1) is 22.0. The molecular formula is C22H31N5O3. The van der Waals surface area contributed by atoms with Gasteiger partial charge in [0.25, 0.3) is 0 Å². The van der Waals surface area contributed by atoms with Crippen LogP contribution in [0.15, 0.2) is 12.3 Å². The second-order valence-corrected chi connectivity index (χ2v) is 8.71. The molecule has 8 heteroatoms. The van der Waals surface area contributed by atoms with Crippen molar-refractivity contribution in [2.45, 2.75) is 52.5 Å². The number of carbonyl (C=O) groups excluding carboxylic acids is 1. The Balaban J connectivity index is 1.92. The number of carbonyl (C=O) groups is 1. The number of nitrogens with one attached hydrogen (secondary N) is 1. The van der Waals surface area contributed by atoms with Gasteiger partial charge in [-0.1, -0.05) is 0 Å². The molecule has 2 heterocycles. The molecular weight excluding hydrogens is 382 g/mol. The Morgan fingerprint density at radius 1 is 1.30 bits per heavy atom. The average Bonchev–Trinajstić information content (AvgIpc) is 3.13. The lowest BCUT2D eigenvalue weighted by Crippen LogP contribution is -2.45. The topological polar surface area (TPSA) is 100 Å². The third-order valence-electron chi connectivity index (χ3n) is 4.80. The van der Waals surface area contributed by atoms with E-state index in [1.807, 2.05) is 39.6 Å². The second-order valence-electron chi connectivity index (χ2n) is 8.71. The Kier molecular flexibility index (Phi) is 6.55. The van der Waals surface area contributed by atoms with Crippen LogP contribution in [0.2, 0.25) is 0 Å². The van der Waals surface area contributed by atoms with Crippen molar-refractivity contribution in [2.24, 2.45) is 0 Å². The molecule has 1 amide bonds. The van der Waals surface area contributed by atoms with Gasteiger partial charge >= 0.3 is 0 Å². The summed E-state index contributed by atoms with van der Waals surface area (Å²) in [6, 6.07) is 1.80. The number of amides is 1. The average molecular weight is 414 g/mol. The molecule has 0 saturated heterocycles. The van der Waals surface area contributed by atoms with Gasteiger partial charge in [0.2, 0.25) is 5.91 Å². The van der Waals surface area contributed by atoms with Crippen molar-refractivity contribution in [3.05, 3.63) is 29.1 Å². The molecule has 162 valence electrons. The van der Waals surface area contributed by atoms with Crippen molar-refractivity contribution < 1.29 is 14.6 Å². The van der Waals surface area contributed by atoms with Crippen LogP contribution in [0.5, 0.6) is 5.75 Å². The molecule has 0 aliphatic heterocycles. The first-order valence-electron chi connectivity index (χ1n) is 10.3. The smallest absolute Gasteiger partial charge is 0.239 e. The van der Waals surface area contributed by atoms with E-state index in [2.05, 4.69) is 10.3 Å².